The summed E-state index contributed by atoms with van der Waals surface area (Å²) in [6, 6.07) is 0. The van der Waals surface area contributed by atoms with Crippen LogP contribution in [-0.4, -0.2) is 11.1 Å². The molecule has 1 aliphatic rings. The number of carbonyl (C=O) groups is 1. The molecule has 1 fully saturated rings. The molecule has 0 bridgehead atoms. The number of carboxylic acid groups (broad SMARTS) is 1. The van der Waals surface area contributed by atoms with Crippen molar-refractivity contribution < 1.29 is 14.3 Å². The van der Waals surface area contributed by atoms with E-state index < -0.39 is 11.8 Å². The second-order valence-electron chi connectivity index (χ2n) is 2.58. The maximum absolute atomic E-state index is 12.5. The molecule has 2 nitrogen and oxygen atoms in total. The molecule has 3 heteroatoms. The van der Waals surface area contributed by atoms with E-state index in [4.69, 9.17) is 5.11 Å². The third-order valence-electron chi connectivity index (χ3n) is 1.72. The molecule has 0 radical (unpaired) electrons. The van der Waals surface area contributed by atoms with Crippen molar-refractivity contribution in [1.29, 1.82) is 0 Å². The first-order chi connectivity index (χ1) is 4.63. The predicted molar refractivity (Wildman–Crippen MR) is 34.2 cm³/mol. The van der Waals surface area contributed by atoms with Gasteiger partial charge in [0.25, 0.3) is 0 Å². The zero-order valence-electron chi connectivity index (χ0n) is 5.72. The molecule has 0 aromatic carbocycles. The monoisotopic (exact) mass is 144 g/mol. The van der Waals surface area contributed by atoms with Crippen molar-refractivity contribution in [2.45, 2.75) is 19.8 Å². The first-order valence-electron chi connectivity index (χ1n) is 3.22. The van der Waals surface area contributed by atoms with Crippen LogP contribution in [0, 0.1) is 5.92 Å². The molecule has 0 aromatic rings. The van der Waals surface area contributed by atoms with E-state index in [0.29, 0.717) is 5.57 Å². The highest BCUT2D eigenvalue weighted by molar-refractivity contribution is 5.84. The van der Waals surface area contributed by atoms with Gasteiger partial charge in [0.05, 0.1) is 0 Å². The quantitative estimate of drug-likeness (QED) is 0.599. The van der Waals surface area contributed by atoms with E-state index in [0.717, 1.165) is 12.8 Å². The molecule has 0 unspecified atom stereocenters. The zero-order chi connectivity index (χ0) is 7.72. The molecule has 0 aromatic heterocycles. The lowest BCUT2D eigenvalue weighted by Gasteiger charge is -1.95. The molecule has 1 saturated carbocycles. The normalized spacial score (nSPS) is 20.2. The van der Waals surface area contributed by atoms with E-state index >= 15 is 0 Å². The molecule has 0 heterocycles. The molecule has 56 valence electrons. The number of aliphatic carboxylic acids is 1. The molecule has 1 rings (SSSR count). The summed E-state index contributed by atoms with van der Waals surface area (Å²) in [6.07, 6.45) is 1.87. The van der Waals surface area contributed by atoms with Gasteiger partial charge in [-0.25, -0.2) is 4.79 Å². The predicted octanol–water partition coefficient (Wildman–Crippen LogP) is 1.72. The Morgan fingerprint density at radius 3 is 2.40 bits per heavy atom. The molecular formula is C7H9FO2. The van der Waals surface area contributed by atoms with Gasteiger partial charge in [-0.1, -0.05) is 0 Å². The zero-order valence-corrected chi connectivity index (χ0v) is 5.72. The number of rotatable bonds is 2. The van der Waals surface area contributed by atoms with E-state index in [1.165, 1.54) is 0 Å². The average molecular weight is 144 g/mol. The third-order valence-corrected chi connectivity index (χ3v) is 1.72. The first-order valence-corrected chi connectivity index (χ1v) is 3.22. The van der Waals surface area contributed by atoms with Gasteiger partial charge in [-0.05, 0) is 31.3 Å². The number of halogens is 1. The van der Waals surface area contributed by atoms with Crippen LogP contribution >= 0.6 is 0 Å². The highest BCUT2D eigenvalue weighted by atomic mass is 19.1. The summed E-state index contributed by atoms with van der Waals surface area (Å²) in [5.41, 5.74) is 0.396. The Morgan fingerprint density at radius 1 is 1.60 bits per heavy atom. The lowest BCUT2D eigenvalue weighted by molar-refractivity contribution is -0.134. The Hall–Kier alpha value is -0.860. The topological polar surface area (TPSA) is 37.3 Å². The smallest absolute Gasteiger partial charge is 0.364 e. The summed E-state index contributed by atoms with van der Waals surface area (Å²) < 4.78 is 12.5. The van der Waals surface area contributed by atoms with Crippen molar-refractivity contribution in [3.63, 3.8) is 0 Å². The SMILES string of the molecule is C/C(=C(/F)C(=O)O)C1CC1. The van der Waals surface area contributed by atoms with Crippen LogP contribution in [0.1, 0.15) is 19.8 Å². The summed E-state index contributed by atoms with van der Waals surface area (Å²) in [5.74, 6) is -2.21. The number of hydrogen-bond acceptors (Lipinski definition) is 1. The number of allylic oxidation sites excluding steroid dienone is 1. The third kappa shape index (κ3) is 1.35. The summed E-state index contributed by atoms with van der Waals surface area (Å²) in [4.78, 5) is 10.0. The van der Waals surface area contributed by atoms with Gasteiger partial charge in [0.2, 0.25) is 5.83 Å². The van der Waals surface area contributed by atoms with Crippen molar-refractivity contribution in [1.82, 2.24) is 0 Å². The van der Waals surface area contributed by atoms with Crippen LogP contribution in [0.2, 0.25) is 0 Å². The van der Waals surface area contributed by atoms with Crippen LogP contribution in [0.5, 0.6) is 0 Å². The lowest BCUT2D eigenvalue weighted by atomic mass is 10.2. The van der Waals surface area contributed by atoms with E-state index in [9.17, 15) is 9.18 Å². The van der Waals surface area contributed by atoms with Gasteiger partial charge >= 0.3 is 5.97 Å². The first kappa shape index (κ1) is 7.25. The second-order valence-corrected chi connectivity index (χ2v) is 2.58. The minimum Gasteiger partial charge on any atom is -0.476 e. The fourth-order valence-corrected chi connectivity index (χ4v) is 0.864. The van der Waals surface area contributed by atoms with Crippen molar-refractivity contribution in [3.8, 4) is 0 Å². The largest absolute Gasteiger partial charge is 0.476 e. The van der Waals surface area contributed by atoms with Gasteiger partial charge in [-0.15, -0.1) is 0 Å². The van der Waals surface area contributed by atoms with Crippen LogP contribution in [0.15, 0.2) is 11.4 Å². The fourth-order valence-electron chi connectivity index (χ4n) is 0.864. The summed E-state index contributed by atoms with van der Waals surface area (Å²) >= 11 is 0. The van der Waals surface area contributed by atoms with E-state index in [1.807, 2.05) is 0 Å². The van der Waals surface area contributed by atoms with Gasteiger partial charge in [-0.2, -0.15) is 4.39 Å². The van der Waals surface area contributed by atoms with Gasteiger partial charge < -0.3 is 5.11 Å². The average Bonchev–Trinajstić information content (AvgIpc) is 2.65. The van der Waals surface area contributed by atoms with Gasteiger partial charge in [0.15, 0.2) is 0 Å². The Morgan fingerprint density at radius 2 is 2.10 bits per heavy atom. The van der Waals surface area contributed by atoms with E-state index in [1.54, 1.807) is 6.92 Å². The Kier molecular flexibility index (Phi) is 1.74. The second kappa shape index (κ2) is 2.40. The van der Waals surface area contributed by atoms with Gasteiger partial charge in [0.1, 0.15) is 0 Å². The Labute approximate surface area is 58.4 Å². The number of carboxylic acids is 1. The van der Waals surface area contributed by atoms with Crippen LogP contribution in [0.3, 0.4) is 0 Å². The maximum Gasteiger partial charge on any atom is 0.364 e. The van der Waals surface area contributed by atoms with E-state index in [-0.39, 0.29) is 5.92 Å². The van der Waals surface area contributed by atoms with Gasteiger partial charge in [0, 0.05) is 0 Å². The van der Waals surface area contributed by atoms with Crippen molar-refractivity contribution in [2.24, 2.45) is 5.92 Å². The molecule has 0 aliphatic heterocycles. The minimum absolute atomic E-state index is 0.205. The summed E-state index contributed by atoms with van der Waals surface area (Å²) in [6.45, 7) is 1.54. The molecule has 0 atom stereocenters. The van der Waals surface area contributed by atoms with Crippen LogP contribution in [0.25, 0.3) is 0 Å². The molecule has 0 spiro atoms. The van der Waals surface area contributed by atoms with Gasteiger partial charge in [-0.3, -0.25) is 0 Å². The fraction of sp³-hybridized carbons (Fsp3) is 0.571. The Bertz CT molecular complexity index is 192. The molecule has 1 aliphatic carbocycles. The molecule has 10 heavy (non-hydrogen) atoms. The molecule has 0 amide bonds. The van der Waals surface area contributed by atoms with Crippen LogP contribution in [-0.2, 0) is 4.79 Å². The highest BCUT2D eigenvalue weighted by Gasteiger charge is 2.27. The van der Waals surface area contributed by atoms with Crippen molar-refractivity contribution >= 4 is 5.97 Å². The van der Waals surface area contributed by atoms with E-state index in [2.05, 4.69) is 0 Å². The summed E-state index contributed by atoms with van der Waals surface area (Å²) in [5, 5.41) is 8.20. The molecular weight excluding hydrogens is 135 g/mol. The van der Waals surface area contributed by atoms with Crippen molar-refractivity contribution in [2.75, 3.05) is 0 Å². The number of hydrogen-bond donors (Lipinski definition) is 1. The standard InChI is InChI=1S/C7H9FO2/c1-4(5-2-3-5)6(8)7(9)10/h5H,2-3H2,1H3,(H,9,10)/b6-4-. The maximum atomic E-state index is 12.5. The highest BCUT2D eigenvalue weighted by Crippen LogP contribution is 2.37. The minimum atomic E-state index is -1.44. The molecule has 0 saturated heterocycles. The molecule has 1 N–H and O–H groups in total. The van der Waals surface area contributed by atoms with Crippen molar-refractivity contribution in [3.05, 3.63) is 11.4 Å². The van der Waals surface area contributed by atoms with Crippen LogP contribution < -0.4 is 0 Å². The van der Waals surface area contributed by atoms with Crippen LogP contribution in [0.4, 0.5) is 4.39 Å². The summed E-state index contributed by atoms with van der Waals surface area (Å²) in [7, 11) is 0. The Balaban J connectivity index is 2.71. The lowest BCUT2D eigenvalue weighted by Crippen LogP contribution is -1.98.